The van der Waals surface area contributed by atoms with E-state index in [0.29, 0.717) is 28.0 Å². The van der Waals surface area contributed by atoms with Gasteiger partial charge in [0.15, 0.2) is 0 Å². The Morgan fingerprint density at radius 2 is 1.56 bits per heavy atom. The van der Waals surface area contributed by atoms with Crippen molar-refractivity contribution in [3.05, 3.63) is 103 Å². The Morgan fingerprint density at radius 1 is 0.938 bits per heavy atom. The molecule has 0 saturated carbocycles. The van der Waals surface area contributed by atoms with Crippen molar-refractivity contribution in [2.75, 3.05) is 5.32 Å². The number of hydrogen-bond acceptors (Lipinski definition) is 7. The Kier molecular flexibility index (Phi) is 5.86. The van der Waals surface area contributed by atoms with Crippen LogP contribution < -0.4 is 10.9 Å². The lowest BCUT2D eigenvalue weighted by Gasteiger charge is -2.06. The van der Waals surface area contributed by atoms with Crippen LogP contribution in [0.4, 0.5) is 22.7 Å². The fourth-order valence-corrected chi connectivity index (χ4v) is 3.20. The maximum absolute atomic E-state index is 12.6. The van der Waals surface area contributed by atoms with Gasteiger partial charge in [0.25, 0.3) is 11.6 Å². The van der Waals surface area contributed by atoms with Gasteiger partial charge >= 0.3 is 5.63 Å². The average Bonchev–Trinajstić information content (AvgIpc) is 2.78. The van der Waals surface area contributed by atoms with E-state index in [9.17, 15) is 19.7 Å². The number of benzene rings is 3. The third-order valence-corrected chi connectivity index (χ3v) is 4.90. The number of amides is 1. The molecule has 0 aliphatic heterocycles. The van der Waals surface area contributed by atoms with E-state index in [0.717, 1.165) is 4.47 Å². The molecule has 4 aromatic rings. The first-order chi connectivity index (χ1) is 15.4. The summed E-state index contributed by atoms with van der Waals surface area (Å²) in [6, 6.07) is 18.8. The predicted molar refractivity (Wildman–Crippen MR) is 122 cm³/mol. The number of hydrogen-bond donors (Lipinski definition) is 1. The number of carbonyl (C=O) groups excluding carboxylic acids is 1. The zero-order valence-electron chi connectivity index (χ0n) is 16.2. The lowest BCUT2D eigenvalue weighted by Crippen LogP contribution is -2.20. The molecule has 1 amide bonds. The maximum atomic E-state index is 12.6. The van der Waals surface area contributed by atoms with E-state index in [-0.39, 0.29) is 11.3 Å². The van der Waals surface area contributed by atoms with Crippen molar-refractivity contribution in [1.82, 2.24) is 0 Å². The van der Waals surface area contributed by atoms with Crippen LogP contribution in [0.3, 0.4) is 0 Å². The molecule has 0 fully saturated rings. The van der Waals surface area contributed by atoms with Crippen LogP contribution in [-0.4, -0.2) is 10.8 Å². The molecule has 10 heteroatoms. The smallest absolute Gasteiger partial charge is 0.349 e. The molecule has 0 radical (unpaired) electrons. The molecule has 1 N–H and O–H groups in total. The summed E-state index contributed by atoms with van der Waals surface area (Å²) in [5.41, 5.74) is 0.940. The Hall–Kier alpha value is -4.18. The zero-order chi connectivity index (χ0) is 22.7. The summed E-state index contributed by atoms with van der Waals surface area (Å²) in [7, 11) is 0. The first-order valence-corrected chi connectivity index (χ1v) is 9.99. The zero-order valence-corrected chi connectivity index (χ0v) is 17.8. The highest BCUT2D eigenvalue weighted by molar-refractivity contribution is 9.10. The minimum atomic E-state index is -0.731. The Balaban J connectivity index is 1.47. The molecule has 158 valence electrons. The summed E-state index contributed by atoms with van der Waals surface area (Å²) in [6.07, 6.45) is 0. The van der Waals surface area contributed by atoms with Gasteiger partial charge in [-0.25, -0.2) is 4.79 Å². The van der Waals surface area contributed by atoms with Crippen LogP contribution in [-0.2, 0) is 0 Å². The van der Waals surface area contributed by atoms with Crippen LogP contribution in [0.25, 0.3) is 11.0 Å². The number of anilines is 1. The molecule has 1 aromatic heterocycles. The quantitative estimate of drug-likeness (QED) is 0.155. The standard InChI is InChI=1S/C22H13BrN4O5/c23-14-1-10-20-13(11-14)12-19(22(29)32-20)21(28)24-15-2-4-16(5-3-15)25-26-17-6-8-18(9-7-17)27(30)31/h1-12H,(H,24,28). The number of carbonyl (C=O) groups is 1. The molecule has 0 atom stereocenters. The molecule has 1 heterocycles. The number of non-ortho nitro benzene ring substituents is 1. The molecule has 0 aliphatic carbocycles. The summed E-state index contributed by atoms with van der Waals surface area (Å²) in [5.74, 6) is -0.596. The Morgan fingerprint density at radius 3 is 2.19 bits per heavy atom. The molecule has 32 heavy (non-hydrogen) atoms. The van der Waals surface area contributed by atoms with Crippen molar-refractivity contribution >= 4 is 55.6 Å². The predicted octanol–water partition coefficient (Wildman–Crippen LogP) is 6.13. The molecule has 0 spiro atoms. The molecule has 0 unspecified atom stereocenters. The molecule has 9 nitrogen and oxygen atoms in total. The monoisotopic (exact) mass is 492 g/mol. The van der Waals surface area contributed by atoms with E-state index in [1.54, 1.807) is 42.5 Å². The summed E-state index contributed by atoms with van der Waals surface area (Å²) >= 11 is 3.35. The molecular weight excluding hydrogens is 480 g/mol. The lowest BCUT2D eigenvalue weighted by molar-refractivity contribution is -0.384. The summed E-state index contributed by atoms with van der Waals surface area (Å²) in [5, 5.41) is 22.0. The fourth-order valence-electron chi connectivity index (χ4n) is 2.82. The number of halogens is 1. The Bertz CT molecular complexity index is 1410. The largest absolute Gasteiger partial charge is 0.422 e. The van der Waals surface area contributed by atoms with E-state index >= 15 is 0 Å². The van der Waals surface area contributed by atoms with Crippen LogP contribution >= 0.6 is 15.9 Å². The fraction of sp³-hybridized carbons (Fsp3) is 0. The summed E-state index contributed by atoms with van der Waals surface area (Å²) in [4.78, 5) is 34.9. The van der Waals surface area contributed by atoms with Crippen molar-refractivity contribution < 1.29 is 14.1 Å². The number of azo groups is 1. The number of fused-ring (bicyclic) bond motifs is 1. The van der Waals surface area contributed by atoms with Crippen molar-refractivity contribution in [3.8, 4) is 0 Å². The van der Waals surface area contributed by atoms with Gasteiger partial charge in [0.1, 0.15) is 11.1 Å². The van der Waals surface area contributed by atoms with Crippen molar-refractivity contribution in [3.63, 3.8) is 0 Å². The van der Waals surface area contributed by atoms with Crippen LogP contribution in [0.5, 0.6) is 0 Å². The van der Waals surface area contributed by atoms with Crippen molar-refractivity contribution in [1.29, 1.82) is 0 Å². The molecular formula is C22H13BrN4O5. The van der Waals surface area contributed by atoms with Gasteiger partial charge in [-0.15, -0.1) is 0 Å². The minimum absolute atomic E-state index is 0.0304. The highest BCUT2D eigenvalue weighted by atomic mass is 79.9. The average molecular weight is 493 g/mol. The van der Waals surface area contributed by atoms with Gasteiger partial charge in [0.2, 0.25) is 0 Å². The third kappa shape index (κ3) is 4.76. The van der Waals surface area contributed by atoms with Gasteiger partial charge in [0, 0.05) is 27.7 Å². The van der Waals surface area contributed by atoms with E-state index in [1.807, 2.05) is 0 Å². The number of nitro groups is 1. The molecule has 4 rings (SSSR count). The number of rotatable bonds is 5. The van der Waals surface area contributed by atoms with Gasteiger partial charge in [-0.3, -0.25) is 14.9 Å². The second kappa shape index (κ2) is 8.90. The highest BCUT2D eigenvalue weighted by Crippen LogP contribution is 2.23. The summed E-state index contributed by atoms with van der Waals surface area (Å²) in [6.45, 7) is 0. The van der Waals surface area contributed by atoms with Crippen LogP contribution in [0.1, 0.15) is 10.4 Å². The lowest BCUT2D eigenvalue weighted by atomic mass is 10.1. The molecule has 0 bridgehead atoms. The van der Waals surface area contributed by atoms with Crippen LogP contribution in [0.2, 0.25) is 0 Å². The first kappa shape index (κ1) is 21.1. The maximum Gasteiger partial charge on any atom is 0.349 e. The van der Waals surface area contributed by atoms with Crippen LogP contribution in [0.15, 0.2) is 96.7 Å². The second-order valence-corrected chi connectivity index (χ2v) is 7.52. The number of nitro benzene ring substituents is 1. The van der Waals surface area contributed by atoms with E-state index in [2.05, 4.69) is 31.5 Å². The van der Waals surface area contributed by atoms with Gasteiger partial charge in [-0.2, -0.15) is 10.2 Å². The molecule has 0 aliphatic rings. The van der Waals surface area contributed by atoms with Gasteiger partial charge in [-0.05, 0) is 60.7 Å². The topological polar surface area (TPSA) is 127 Å². The Labute approximate surface area is 188 Å². The summed E-state index contributed by atoms with van der Waals surface area (Å²) < 4.78 is 6.01. The van der Waals surface area contributed by atoms with Crippen molar-refractivity contribution in [2.45, 2.75) is 0 Å². The van der Waals surface area contributed by atoms with E-state index in [1.165, 1.54) is 30.3 Å². The van der Waals surface area contributed by atoms with Crippen LogP contribution in [0, 0.1) is 10.1 Å². The molecule has 3 aromatic carbocycles. The highest BCUT2D eigenvalue weighted by Gasteiger charge is 2.14. The number of nitrogens with one attached hydrogen (secondary N) is 1. The second-order valence-electron chi connectivity index (χ2n) is 6.60. The van der Waals surface area contributed by atoms with Gasteiger partial charge in [0.05, 0.1) is 16.3 Å². The normalized spacial score (nSPS) is 11.0. The third-order valence-electron chi connectivity index (χ3n) is 4.41. The number of nitrogens with zero attached hydrogens (tertiary/aromatic N) is 3. The molecule has 0 saturated heterocycles. The van der Waals surface area contributed by atoms with Gasteiger partial charge < -0.3 is 9.73 Å². The van der Waals surface area contributed by atoms with E-state index < -0.39 is 16.5 Å². The first-order valence-electron chi connectivity index (χ1n) is 9.20. The van der Waals surface area contributed by atoms with Crippen molar-refractivity contribution in [2.24, 2.45) is 10.2 Å². The SMILES string of the molecule is O=C(Nc1ccc(N=Nc2ccc([N+](=O)[O-])cc2)cc1)c1cc2cc(Br)ccc2oc1=O. The van der Waals surface area contributed by atoms with E-state index in [4.69, 9.17) is 4.42 Å². The van der Waals surface area contributed by atoms with Gasteiger partial charge in [-0.1, -0.05) is 15.9 Å². The minimum Gasteiger partial charge on any atom is -0.422 e.